The monoisotopic (exact) mass is 330 g/mol. The molecule has 0 spiro atoms. The number of hydrogen-bond acceptors (Lipinski definition) is 1. The standard InChI is InChI=1S/C18H19BrO/c1-14-18(12-17(13-19)20-14,15-8-4-2-5-9-15)16-10-6-3-7-11-16/h2-11,14,17H,12-13H2,1H3/t14-,17-/m1/s1. The smallest absolute Gasteiger partial charge is 0.0689 e. The van der Waals surface area contributed by atoms with E-state index < -0.39 is 0 Å². The highest BCUT2D eigenvalue weighted by Crippen LogP contribution is 2.46. The molecule has 0 unspecified atom stereocenters. The predicted octanol–water partition coefficient (Wildman–Crippen LogP) is 4.55. The van der Waals surface area contributed by atoms with Gasteiger partial charge in [-0.05, 0) is 24.5 Å². The summed E-state index contributed by atoms with van der Waals surface area (Å²) in [5.41, 5.74) is 2.66. The van der Waals surface area contributed by atoms with Gasteiger partial charge in [-0.25, -0.2) is 0 Å². The van der Waals surface area contributed by atoms with Crippen LogP contribution in [0.3, 0.4) is 0 Å². The fourth-order valence-corrected chi connectivity index (χ4v) is 3.79. The van der Waals surface area contributed by atoms with Crippen molar-refractivity contribution in [3.05, 3.63) is 71.8 Å². The van der Waals surface area contributed by atoms with Crippen molar-refractivity contribution in [3.8, 4) is 0 Å². The molecule has 1 fully saturated rings. The van der Waals surface area contributed by atoms with Crippen molar-refractivity contribution in [1.82, 2.24) is 0 Å². The van der Waals surface area contributed by atoms with Crippen LogP contribution in [-0.4, -0.2) is 17.5 Å². The summed E-state index contributed by atoms with van der Waals surface area (Å²) in [4.78, 5) is 0. The highest BCUT2D eigenvalue weighted by molar-refractivity contribution is 9.09. The lowest BCUT2D eigenvalue weighted by Gasteiger charge is -2.33. The van der Waals surface area contributed by atoms with Crippen LogP contribution in [-0.2, 0) is 10.2 Å². The van der Waals surface area contributed by atoms with Crippen molar-refractivity contribution in [2.75, 3.05) is 5.33 Å². The molecule has 0 N–H and O–H groups in total. The molecule has 1 saturated heterocycles. The molecule has 20 heavy (non-hydrogen) atoms. The van der Waals surface area contributed by atoms with Crippen molar-refractivity contribution in [3.63, 3.8) is 0 Å². The van der Waals surface area contributed by atoms with Crippen LogP contribution in [0.1, 0.15) is 24.5 Å². The zero-order valence-corrected chi connectivity index (χ0v) is 13.2. The average Bonchev–Trinajstić information content (AvgIpc) is 2.87. The zero-order valence-electron chi connectivity index (χ0n) is 11.6. The number of hydrogen-bond donors (Lipinski definition) is 0. The number of benzene rings is 2. The van der Waals surface area contributed by atoms with E-state index in [-0.39, 0.29) is 17.6 Å². The van der Waals surface area contributed by atoms with Crippen LogP contribution in [0.5, 0.6) is 0 Å². The van der Waals surface area contributed by atoms with Crippen LogP contribution in [0.15, 0.2) is 60.7 Å². The Morgan fingerprint density at radius 2 is 1.50 bits per heavy atom. The minimum atomic E-state index is -0.0407. The molecule has 2 aromatic carbocycles. The number of alkyl halides is 1. The molecule has 0 aromatic heterocycles. The fraction of sp³-hybridized carbons (Fsp3) is 0.333. The molecule has 0 radical (unpaired) electrons. The Bertz CT molecular complexity index is 513. The third-order valence-corrected chi connectivity index (χ3v) is 5.11. The lowest BCUT2D eigenvalue weighted by Crippen LogP contribution is -2.34. The Kier molecular flexibility index (Phi) is 3.95. The van der Waals surface area contributed by atoms with Crippen molar-refractivity contribution in [2.45, 2.75) is 31.0 Å². The minimum absolute atomic E-state index is 0.0407. The SMILES string of the molecule is C[C@H]1O[C@@H](CBr)CC1(c1ccccc1)c1ccccc1. The topological polar surface area (TPSA) is 9.23 Å². The lowest BCUT2D eigenvalue weighted by atomic mass is 9.69. The van der Waals surface area contributed by atoms with E-state index in [0.29, 0.717) is 0 Å². The van der Waals surface area contributed by atoms with E-state index in [0.717, 1.165) is 11.8 Å². The number of rotatable bonds is 3. The van der Waals surface area contributed by atoms with Gasteiger partial charge in [-0.15, -0.1) is 0 Å². The third-order valence-electron chi connectivity index (χ3n) is 4.39. The van der Waals surface area contributed by atoms with Crippen LogP contribution < -0.4 is 0 Å². The second-order valence-electron chi connectivity index (χ2n) is 5.46. The van der Waals surface area contributed by atoms with Gasteiger partial charge < -0.3 is 4.74 Å². The van der Waals surface area contributed by atoms with Crippen molar-refractivity contribution < 1.29 is 4.74 Å². The highest BCUT2D eigenvalue weighted by Gasteiger charge is 2.48. The molecule has 0 bridgehead atoms. The van der Waals surface area contributed by atoms with Gasteiger partial charge in [0.15, 0.2) is 0 Å². The second kappa shape index (κ2) is 5.71. The molecule has 0 aliphatic carbocycles. The average molecular weight is 331 g/mol. The predicted molar refractivity (Wildman–Crippen MR) is 86.4 cm³/mol. The zero-order chi connectivity index (χ0) is 14.0. The molecule has 1 nitrogen and oxygen atoms in total. The van der Waals surface area contributed by atoms with Crippen molar-refractivity contribution >= 4 is 15.9 Å². The summed E-state index contributed by atoms with van der Waals surface area (Å²) in [6.07, 6.45) is 1.47. The Balaban J connectivity index is 2.14. The van der Waals surface area contributed by atoms with Crippen LogP contribution in [0.2, 0.25) is 0 Å². The summed E-state index contributed by atoms with van der Waals surface area (Å²) in [5, 5.41) is 0.888. The lowest BCUT2D eigenvalue weighted by molar-refractivity contribution is 0.0576. The third kappa shape index (κ3) is 2.21. The number of ether oxygens (including phenoxy) is 1. The first-order valence-electron chi connectivity index (χ1n) is 7.10. The summed E-state index contributed by atoms with van der Waals surface area (Å²) < 4.78 is 6.19. The first kappa shape index (κ1) is 13.8. The summed E-state index contributed by atoms with van der Waals surface area (Å²) in [6, 6.07) is 21.5. The molecule has 1 aliphatic heterocycles. The van der Waals surface area contributed by atoms with E-state index in [1.165, 1.54) is 11.1 Å². The van der Waals surface area contributed by atoms with Crippen LogP contribution >= 0.6 is 15.9 Å². The van der Waals surface area contributed by atoms with E-state index in [2.05, 4.69) is 83.5 Å². The van der Waals surface area contributed by atoms with Gasteiger partial charge in [-0.3, -0.25) is 0 Å². The molecule has 0 amide bonds. The normalized spacial score (nSPS) is 24.7. The van der Waals surface area contributed by atoms with Gasteiger partial charge in [0.05, 0.1) is 12.2 Å². The van der Waals surface area contributed by atoms with Gasteiger partial charge in [-0.2, -0.15) is 0 Å². The van der Waals surface area contributed by atoms with E-state index in [1.54, 1.807) is 0 Å². The van der Waals surface area contributed by atoms with Gasteiger partial charge in [0.25, 0.3) is 0 Å². The molecule has 1 aliphatic rings. The van der Waals surface area contributed by atoms with Gasteiger partial charge >= 0.3 is 0 Å². The summed E-state index contributed by atoms with van der Waals surface area (Å²) in [6.45, 7) is 2.20. The van der Waals surface area contributed by atoms with Gasteiger partial charge in [0, 0.05) is 10.7 Å². The van der Waals surface area contributed by atoms with Crippen molar-refractivity contribution in [2.24, 2.45) is 0 Å². The molecule has 2 aromatic rings. The second-order valence-corrected chi connectivity index (χ2v) is 6.11. The largest absolute Gasteiger partial charge is 0.373 e. The summed E-state index contributed by atoms with van der Waals surface area (Å²) in [5.74, 6) is 0. The minimum Gasteiger partial charge on any atom is -0.373 e. The van der Waals surface area contributed by atoms with Crippen LogP contribution in [0.25, 0.3) is 0 Å². The first-order valence-corrected chi connectivity index (χ1v) is 8.22. The Morgan fingerprint density at radius 3 is 1.90 bits per heavy atom. The van der Waals surface area contributed by atoms with E-state index in [1.807, 2.05) is 0 Å². The molecule has 2 atom stereocenters. The molecule has 1 heterocycles. The van der Waals surface area contributed by atoms with E-state index in [4.69, 9.17) is 4.74 Å². The maximum Gasteiger partial charge on any atom is 0.0689 e. The van der Waals surface area contributed by atoms with Crippen LogP contribution in [0, 0.1) is 0 Å². The Morgan fingerprint density at radius 1 is 1.00 bits per heavy atom. The quantitative estimate of drug-likeness (QED) is 0.750. The first-order chi connectivity index (χ1) is 9.77. The Labute approximate surface area is 129 Å². The summed E-state index contributed by atoms with van der Waals surface area (Å²) >= 11 is 3.58. The molecule has 3 rings (SSSR count). The molecular weight excluding hydrogens is 312 g/mol. The molecule has 2 heteroatoms. The summed E-state index contributed by atoms with van der Waals surface area (Å²) in [7, 11) is 0. The Hall–Kier alpha value is -1.12. The van der Waals surface area contributed by atoms with Crippen LogP contribution in [0.4, 0.5) is 0 Å². The van der Waals surface area contributed by atoms with Gasteiger partial charge in [0.2, 0.25) is 0 Å². The highest BCUT2D eigenvalue weighted by atomic mass is 79.9. The van der Waals surface area contributed by atoms with Gasteiger partial charge in [-0.1, -0.05) is 76.6 Å². The molecule has 104 valence electrons. The maximum atomic E-state index is 6.19. The van der Waals surface area contributed by atoms with E-state index in [9.17, 15) is 0 Å². The molecular formula is C18H19BrO. The van der Waals surface area contributed by atoms with E-state index >= 15 is 0 Å². The van der Waals surface area contributed by atoms with Gasteiger partial charge in [0.1, 0.15) is 0 Å². The fourth-order valence-electron chi connectivity index (χ4n) is 3.41. The number of halogens is 1. The maximum absolute atomic E-state index is 6.19. The molecule has 0 saturated carbocycles. The van der Waals surface area contributed by atoms with Crippen molar-refractivity contribution in [1.29, 1.82) is 0 Å².